The molecule has 1 aromatic heterocycles. The summed E-state index contributed by atoms with van der Waals surface area (Å²) in [6.45, 7) is 2.56. The number of para-hydroxylation sites is 1. The Bertz CT molecular complexity index is 617. The van der Waals surface area contributed by atoms with E-state index in [0.717, 1.165) is 50.7 Å². The fourth-order valence-corrected chi connectivity index (χ4v) is 2.75. The molecular formula is C17H22N4O. The van der Waals surface area contributed by atoms with Gasteiger partial charge in [-0.15, -0.1) is 0 Å². The van der Waals surface area contributed by atoms with Gasteiger partial charge in [-0.1, -0.05) is 18.2 Å². The molecule has 1 N–H and O–H groups in total. The number of benzene rings is 1. The molecule has 1 aliphatic heterocycles. The van der Waals surface area contributed by atoms with Crippen LogP contribution in [0.1, 0.15) is 18.4 Å². The molecule has 22 heavy (non-hydrogen) atoms. The highest BCUT2D eigenvalue weighted by Crippen LogP contribution is 2.31. The van der Waals surface area contributed by atoms with Crippen LogP contribution < -0.4 is 10.2 Å². The highest BCUT2D eigenvalue weighted by atomic mass is 16.5. The standard InChI is InChI=1S/C17H22N4O/c1-22-13-5-10-18-16-9-11-19-17(20-16)21-12-4-7-14-6-2-3-8-15(14)21/h2-3,6,8-9,11H,4-5,7,10,12-13H2,1H3,(H,18,19,20). The molecular weight excluding hydrogens is 276 g/mol. The zero-order chi connectivity index (χ0) is 15.2. The van der Waals surface area contributed by atoms with Gasteiger partial charge in [0.25, 0.3) is 0 Å². The van der Waals surface area contributed by atoms with Crippen LogP contribution in [-0.2, 0) is 11.2 Å². The number of hydrogen-bond donors (Lipinski definition) is 1. The van der Waals surface area contributed by atoms with Crippen molar-refractivity contribution in [2.24, 2.45) is 0 Å². The second-order valence-corrected chi connectivity index (χ2v) is 5.40. The van der Waals surface area contributed by atoms with E-state index in [1.54, 1.807) is 7.11 Å². The third-order valence-corrected chi connectivity index (χ3v) is 3.83. The largest absolute Gasteiger partial charge is 0.385 e. The molecule has 0 saturated carbocycles. The van der Waals surface area contributed by atoms with Gasteiger partial charge in [0.1, 0.15) is 5.82 Å². The van der Waals surface area contributed by atoms with Crippen molar-refractivity contribution in [1.82, 2.24) is 9.97 Å². The van der Waals surface area contributed by atoms with Gasteiger partial charge in [0.2, 0.25) is 5.95 Å². The summed E-state index contributed by atoms with van der Waals surface area (Å²) in [5.41, 5.74) is 2.60. The van der Waals surface area contributed by atoms with Crippen molar-refractivity contribution < 1.29 is 4.74 Å². The summed E-state index contributed by atoms with van der Waals surface area (Å²) in [6, 6.07) is 10.4. The third kappa shape index (κ3) is 3.36. The first kappa shape index (κ1) is 14.8. The predicted molar refractivity (Wildman–Crippen MR) is 88.8 cm³/mol. The van der Waals surface area contributed by atoms with E-state index in [-0.39, 0.29) is 0 Å². The molecule has 0 saturated heterocycles. The maximum Gasteiger partial charge on any atom is 0.231 e. The van der Waals surface area contributed by atoms with E-state index in [0.29, 0.717) is 0 Å². The summed E-state index contributed by atoms with van der Waals surface area (Å²) in [5.74, 6) is 1.63. The zero-order valence-corrected chi connectivity index (χ0v) is 13.0. The van der Waals surface area contributed by atoms with Gasteiger partial charge >= 0.3 is 0 Å². The minimum atomic E-state index is 0.754. The van der Waals surface area contributed by atoms with Gasteiger partial charge < -0.3 is 15.0 Å². The molecule has 5 heteroatoms. The van der Waals surface area contributed by atoms with E-state index in [4.69, 9.17) is 4.74 Å². The van der Waals surface area contributed by atoms with E-state index in [1.807, 2.05) is 12.3 Å². The molecule has 5 nitrogen and oxygen atoms in total. The Morgan fingerprint density at radius 3 is 3.09 bits per heavy atom. The van der Waals surface area contributed by atoms with E-state index >= 15 is 0 Å². The van der Waals surface area contributed by atoms with Crippen LogP contribution in [0.4, 0.5) is 17.5 Å². The van der Waals surface area contributed by atoms with Crippen LogP contribution in [0, 0.1) is 0 Å². The number of nitrogens with one attached hydrogen (secondary N) is 1. The maximum absolute atomic E-state index is 5.06. The third-order valence-electron chi connectivity index (χ3n) is 3.83. The van der Waals surface area contributed by atoms with Crippen molar-refractivity contribution >= 4 is 17.5 Å². The summed E-state index contributed by atoms with van der Waals surface area (Å²) in [7, 11) is 1.72. The van der Waals surface area contributed by atoms with Crippen molar-refractivity contribution in [3.63, 3.8) is 0 Å². The monoisotopic (exact) mass is 298 g/mol. The first-order chi connectivity index (χ1) is 10.9. The number of fused-ring (bicyclic) bond motifs is 1. The van der Waals surface area contributed by atoms with Gasteiger partial charge in [-0.2, -0.15) is 4.98 Å². The fourth-order valence-electron chi connectivity index (χ4n) is 2.75. The Kier molecular flexibility index (Phi) is 4.85. The predicted octanol–water partition coefficient (Wildman–Crippen LogP) is 3.01. The fraction of sp³-hybridized carbons (Fsp3) is 0.412. The number of methoxy groups -OCH3 is 1. The molecule has 1 aromatic carbocycles. The lowest BCUT2D eigenvalue weighted by molar-refractivity contribution is 0.198. The van der Waals surface area contributed by atoms with Crippen LogP contribution in [0.25, 0.3) is 0 Å². The molecule has 0 amide bonds. The maximum atomic E-state index is 5.06. The quantitative estimate of drug-likeness (QED) is 0.831. The SMILES string of the molecule is COCCCNc1ccnc(N2CCCc3ccccc32)n1. The number of rotatable bonds is 6. The van der Waals surface area contributed by atoms with E-state index < -0.39 is 0 Å². The van der Waals surface area contributed by atoms with Crippen LogP contribution in [0.2, 0.25) is 0 Å². The van der Waals surface area contributed by atoms with Crippen LogP contribution in [0.5, 0.6) is 0 Å². The van der Waals surface area contributed by atoms with Gasteiger partial charge in [-0.25, -0.2) is 4.98 Å². The minimum Gasteiger partial charge on any atom is -0.385 e. The van der Waals surface area contributed by atoms with E-state index in [9.17, 15) is 0 Å². The Morgan fingerprint density at radius 2 is 2.18 bits per heavy atom. The number of hydrogen-bond acceptors (Lipinski definition) is 5. The summed E-state index contributed by atoms with van der Waals surface area (Å²) in [5, 5.41) is 3.33. The van der Waals surface area contributed by atoms with Crippen molar-refractivity contribution in [2.75, 3.05) is 37.0 Å². The second-order valence-electron chi connectivity index (χ2n) is 5.40. The van der Waals surface area contributed by atoms with E-state index in [2.05, 4.69) is 44.5 Å². The summed E-state index contributed by atoms with van der Waals surface area (Å²) in [6.07, 6.45) is 5.04. The highest BCUT2D eigenvalue weighted by Gasteiger charge is 2.19. The van der Waals surface area contributed by atoms with Crippen LogP contribution in [0.3, 0.4) is 0 Å². The van der Waals surface area contributed by atoms with Gasteiger partial charge in [0.15, 0.2) is 0 Å². The lowest BCUT2D eigenvalue weighted by Gasteiger charge is -2.29. The Hall–Kier alpha value is -2.14. The number of aromatic nitrogens is 2. The summed E-state index contributed by atoms with van der Waals surface area (Å²) < 4.78 is 5.06. The number of anilines is 3. The number of nitrogens with zero attached hydrogens (tertiary/aromatic N) is 3. The van der Waals surface area contributed by atoms with Gasteiger partial charge in [-0.3, -0.25) is 0 Å². The topological polar surface area (TPSA) is 50.3 Å². The number of aryl methyl sites for hydroxylation is 1. The lowest BCUT2D eigenvalue weighted by atomic mass is 10.0. The average molecular weight is 298 g/mol. The first-order valence-corrected chi connectivity index (χ1v) is 7.80. The average Bonchev–Trinajstić information content (AvgIpc) is 2.58. The van der Waals surface area contributed by atoms with E-state index in [1.165, 1.54) is 11.3 Å². The molecule has 0 spiro atoms. The van der Waals surface area contributed by atoms with Crippen LogP contribution >= 0.6 is 0 Å². The molecule has 116 valence electrons. The van der Waals surface area contributed by atoms with Crippen molar-refractivity contribution in [2.45, 2.75) is 19.3 Å². The summed E-state index contributed by atoms with van der Waals surface area (Å²) >= 11 is 0. The Morgan fingerprint density at radius 1 is 1.27 bits per heavy atom. The Labute approximate surface area is 131 Å². The van der Waals surface area contributed by atoms with Crippen LogP contribution in [-0.4, -0.2) is 36.8 Å². The molecule has 1 aliphatic rings. The molecule has 0 bridgehead atoms. The molecule has 0 fully saturated rings. The summed E-state index contributed by atoms with van der Waals surface area (Å²) in [4.78, 5) is 11.3. The molecule has 2 heterocycles. The van der Waals surface area contributed by atoms with Crippen molar-refractivity contribution in [3.8, 4) is 0 Å². The Balaban J connectivity index is 1.75. The van der Waals surface area contributed by atoms with Crippen molar-refractivity contribution in [3.05, 3.63) is 42.1 Å². The molecule has 0 unspecified atom stereocenters. The molecule has 0 atom stereocenters. The molecule has 2 aromatic rings. The molecule has 3 rings (SSSR count). The first-order valence-electron chi connectivity index (χ1n) is 7.80. The molecule has 0 aliphatic carbocycles. The molecule has 0 radical (unpaired) electrons. The van der Waals surface area contributed by atoms with Crippen LogP contribution in [0.15, 0.2) is 36.5 Å². The highest BCUT2D eigenvalue weighted by molar-refractivity contribution is 5.64. The normalized spacial score (nSPS) is 13.8. The lowest BCUT2D eigenvalue weighted by Crippen LogP contribution is -2.26. The smallest absolute Gasteiger partial charge is 0.231 e. The minimum absolute atomic E-state index is 0.754. The van der Waals surface area contributed by atoms with Gasteiger partial charge in [0.05, 0.1) is 0 Å². The van der Waals surface area contributed by atoms with Gasteiger partial charge in [0, 0.05) is 38.7 Å². The zero-order valence-electron chi connectivity index (χ0n) is 13.0. The second kappa shape index (κ2) is 7.22. The van der Waals surface area contributed by atoms with Crippen molar-refractivity contribution in [1.29, 1.82) is 0 Å². The van der Waals surface area contributed by atoms with Gasteiger partial charge in [-0.05, 0) is 37.0 Å². The number of ether oxygens (including phenoxy) is 1.